The average Bonchev–Trinajstić information content (AvgIpc) is 2.71. The molecule has 0 amide bonds. The van der Waals surface area contributed by atoms with Crippen LogP contribution in [0.15, 0.2) is 34.8 Å². The van der Waals surface area contributed by atoms with Crippen LogP contribution in [-0.2, 0) is 0 Å². The van der Waals surface area contributed by atoms with Crippen molar-refractivity contribution in [2.45, 2.75) is 0 Å². The van der Waals surface area contributed by atoms with Crippen molar-refractivity contribution < 1.29 is 0 Å². The van der Waals surface area contributed by atoms with Crippen LogP contribution in [0, 0.1) is 0 Å². The van der Waals surface area contributed by atoms with Crippen molar-refractivity contribution in [1.82, 2.24) is 9.97 Å². The standard InChI is InChI=1S/C11H9BrN2P2/c12-7-2-3-8-6(5-7)1-4-9-10(8)14-11(13-9)16-15/h1-5,16H,15H2,(H,13,14). The Kier molecular flexibility index (Phi) is 2.71. The molecule has 1 heterocycles. The molecule has 2 nitrogen and oxygen atoms in total. The molecule has 0 aliphatic carbocycles. The van der Waals surface area contributed by atoms with Crippen molar-refractivity contribution in [1.29, 1.82) is 0 Å². The van der Waals surface area contributed by atoms with Crippen LogP contribution in [0.2, 0.25) is 0 Å². The number of nitrogens with zero attached hydrogens (tertiary/aromatic N) is 1. The van der Waals surface area contributed by atoms with Crippen molar-refractivity contribution >= 4 is 60.5 Å². The van der Waals surface area contributed by atoms with Crippen LogP contribution in [0.5, 0.6) is 0 Å². The highest BCUT2D eigenvalue weighted by Crippen LogP contribution is 2.27. The van der Waals surface area contributed by atoms with Crippen molar-refractivity contribution in [3.05, 3.63) is 34.8 Å². The second-order valence-electron chi connectivity index (χ2n) is 3.55. The number of halogens is 1. The first-order valence-electron chi connectivity index (χ1n) is 4.82. The number of fused-ring (bicyclic) bond motifs is 3. The SMILES string of the molecule is PPc1nc2ccc3cc(Br)ccc3c2[nH]1. The quantitative estimate of drug-likeness (QED) is 0.684. The van der Waals surface area contributed by atoms with Gasteiger partial charge in [0.15, 0.2) is 0 Å². The monoisotopic (exact) mass is 310 g/mol. The smallest absolute Gasteiger partial charge is 0.130 e. The van der Waals surface area contributed by atoms with E-state index < -0.39 is 0 Å². The fourth-order valence-corrected chi connectivity index (χ4v) is 3.02. The zero-order valence-electron chi connectivity index (χ0n) is 8.29. The number of rotatable bonds is 1. The van der Waals surface area contributed by atoms with E-state index in [9.17, 15) is 0 Å². The number of hydrogen-bond donors (Lipinski definition) is 1. The number of aromatic amines is 1. The fourth-order valence-electron chi connectivity index (χ4n) is 1.85. The Bertz CT molecular complexity index is 678. The molecule has 2 atom stereocenters. The topological polar surface area (TPSA) is 28.7 Å². The molecule has 1 aromatic heterocycles. The minimum atomic E-state index is 0.623. The van der Waals surface area contributed by atoms with Gasteiger partial charge in [-0.15, -0.1) is 8.93 Å². The van der Waals surface area contributed by atoms with Crippen LogP contribution in [-0.4, -0.2) is 9.97 Å². The first-order valence-corrected chi connectivity index (χ1v) is 8.43. The van der Waals surface area contributed by atoms with Gasteiger partial charge in [-0.1, -0.05) is 28.1 Å². The summed E-state index contributed by atoms with van der Waals surface area (Å²) in [5.41, 5.74) is 3.21. The van der Waals surface area contributed by atoms with Crippen LogP contribution < -0.4 is 5.57 Å². The lowest BCUT2D eigenvalue weighted by molar-refractivity contribution is 1.45. The molecule has 2 unspecified atom stereocenters. The third-order valence-corrected chi connectivity index (χ3v) is 4.40. The predicted octanol–water partition coefficient (Wildman–Crippen LogP) is 3.57. The molecule has 3 rings (SSSR count). The van der Waals surface area contributed by atoms with Gasteiger partial charge in [0.2, 0.25) is 0 Å². The Balaban J connectivity index is 2.43. The van der Waals surface area contributed by atoms with E-state index in [1.165, 1.54) is 10.8 Å². The highest BCUT2D eigenvalue weighted by atomic mass is 79.9. The Hall–Kier alpha value is -0.490. The average molecular weight is 311 g/mol. The highest BCUT2D eigenvalue weighted by Gasteiger charge is 2.05. The van der Waals surface area contributed by atoms with Gasteiger partial charge in [0.05, 0.1) is 11.0 Å². The molecular weight excluding hydrogens is 302 g/mol. The summed E-state index contributed by atoms with van der Waals surface area (Å²) < 4.78 is 1.10. The second kappa shape index (κ2) is 4.07. The minimum Gasteiger partial charge on any atom is -0.338 e. The molecule has 0 bridgehead atoms. The molecule has 0 spiro atoms. The van der Waals surface area contributed by atoms with Gasteiger partial charge in [-0.05, 0) is 31.9 Å². The Morgan fingerprint density at radius 1 is 1.25 bits per heavy atom. The van der Waals surface area contributed by atoms with Gasteiger partial charge in [-0.2, -0.15) is 0 Å². The van der Waals surface area contributed by atoms with Crippen molar-refractivity contribution in [3.63, 3.8) is 0 Å². The summed E-state index contributed by atoms with van der Waals surface area (Å²) in [7, 11) is 3.34. The lowest BCUT2D eigenvalue weighted by Crippen LogP contribution is -1.93. The van der Waals surface area contributed by atoms with Gasteiger partial charge < -0.3 is 4.98 Å². The van der Waals surface area contributed by atoms with Gasteiger partial charge >= 0.3 is 0 Å². The lowest BCUT2D eigenvalue weighted by Gasteiger charge is -1.99. The van der Waals surface area contributed by atoms with E-state index in [2.05, 4.69) is 65.2 Å². The number of hydrogen-bond acceptors (Lipinski definition) is 1. The second-order valence-corrected chi connectivity index (χ2v) is 6.10. The van der Waals surface area contributed by atoms with E-state index >= 15 is 0 Å². The number of benzene rings is 2. The van der Waals surface area contributed by atoms with Crippen LogP contribution >= 0.6 is 33.1 Å². The van der Waals surface area contributed by atoms with Crippen LogP contribution in [0.4, 0.5) is 0 Å². The molecule has 0 aliphatic rings. The summed E-state index contributed by atoms with van der Waals surface area (Å²) in [5, 5.41) is 2.45. The van der Waals surface area contributed by atoms with Crippen LogP contribution in [0.3, 0.4) is 0 Å². The normalized spacial score (nSPS) is 12.1. The molecule has 0 aliphatic heterocycles. The molecule has 80 valence electrons. The fraction of sp³-hybridized carbons (Fsp3) is 0. The van der Waals surface area contributed by atoms with Crippen LogP contribution in [0.1, 0.15) is 0 Å². The number of nitrogens with one attached hydrogen (secondary N) is 1. The zero-order valence-corrected chi connectivity index (χ0v) is 12.0. The maximum absolute atomic E-state index is 4.53. The van der Waals surface area contributed by atoms with E-state index in [0.29, 0.717) is 8.27 Å². The summed E-state index contributed by atoms with van der Waals surface area (Å²) in [4.78, 5) is 7.90. The minimum absolute atomic E-state index is 0.623. The number of aromatic nitrogens is 2. The molecule has 0 radical (unpaired) electrons. The maximum Gasteiger partial charge on any atom is 0.130 e. The summed E-state index contributed by atoms with van der Waals surface area (Å²) >= 11 is 3.49. The maximum atomic E-state index is 4.53. The van der Waals surface area contributed by atoms with Gasteiger partial charge in [-0.25, -0.2) is 4.98 Å². The number of H-pyrrole nitrogens is 1. The van der Waals surface area contributed by atoms with E-state index in [4.69, 9.17) is 0 Å². The highest BCUT2D eigenvalue weighted by molar-refractivity contribution is 9.10. The zero-order chi connectivity index (χ0) is 11.1. The molecule has 0 saturated heterocycles. The third kappa shape index (κ3) is 1.68. The van der Waals surface area contributed by atoms with Crippen molar-refractivity contribution in [3.8, 4) is 0 Å². The Morgan fingerprint density at radius 3 is 2.94 bits per heavy atom. The third-order valence-electron chi connectivity index (χ3n) is 2.57. The molecular formula is C11H9BrN2P2. The molecule has 2 aromatic carbocycles. The summed E-state index contributed by atoms with van der Waals surface area (Å²) in [6.07, 6.45) is 0. The first kappa shape index (κ1) is 10.7. The Morgan fingerprint density at radius 2 is 2.12 bits per heavy atom. The van der Waals surface area contributed by atoms with Crippen molar-refractivity contribution in [2.24, 2.45) is 0 Å². The molecule has 0 fully saturated rings. The molecule has 1 N–H and O–H groups in total. The van der Waals surface area contributed by atoms with Gasteiger partial charge in [0.25, 0.3) is 0 Å². The summed E-state index contributed by atoms with van der Waals surface area (Å²) in [5.74, 6) is 0. The summed E-state index contributed by atoms with van der Waals surface area (Å²) in [6, 6.07) is 10.5. The van der Waals surface area contributed by atoms with E-state index in [-0.39, 0.29) is 0 Å². The molecule has 3 aromatic rings. The number of imidazole rings is 1. The van der Waals surface area contributed by atoms with Gasteiger partial charge in [-0.3, -0.25) is 0 Å². The van der Waals surface area contributed by atoms with Gasteiger partial charge in [0.1, 0.15) is 5.57 Å². The largest absolute Gasteiger partial charge is 0.338 e. The molecule has 0 saturated carbocycles. The van der Waals surface area contributed by atoms with E-state index in [0.717, 1.165) is 21.1 Å². The molecule has 16 heavy (non-hydrogen) atoms. The van der Waals surface area contributed by atoms with Crippen molar-refractivity contribution in [2.75, 3.05) is 0 Å². The Labute approximate surface area is 105 Å². The van der Waals surface area contributed by atoms with E-state index in [1.54, 1.807) is 0 Å². The lowest BCUT2D eigenvalue weighted by atomic mass is 10.1. The predicted molar refractivity (Wildman–Crippen MR) is 79.0 cm³/mol. The summed E-state index contributed by atoms with van der Waals surface area (Å²) in [6.45, 7) is 0. The molecule has 5 heteroatoms. The van der Waals surface area contributed by atoms with E-state index in [1.807, 2.05) is 0 Å². The first-order chi connectivity index (χ1) is 7.78. The van der Waals surface area contributed by atoms with Crippen LogP contribution in [0.25, 0.3) is 21.8 Å². The van der Waals surface area contributed by atoms with Gasteiger partial charge in [0, 0.05) is 9.86 Å².